The quantitative estimate of drug-likeness (QED) is 0.293. The summed E-state index contributed by atoms with van der Waals surface area (Å²) in [6.45, 7) is 3.76. The number of ether oxygens (including phenoxy) is 3. The molecule has 0 unspecified atom stereocenters. The molecule has 4 rings (SSSR count). The van der Waals surface area contributed by atoms with Crippen LogP contribution in [0, 0.1) is 3.57 Å². The Balaban J connectivity index is 1.93. The maximum absolute atomic E-state index is 13.8. The van der Waals surface area contributed by atoms with Gasteiger partial charge in [-0.1, -0.05) is 23.5 Å². The molecule has 0 fully saturated rings. The number of thiazole rings is 1. The highest BCUT2D eigenvalue weighted by molar-refractivity contribution is 14.1. The van der Waals surface area contributed by atoms with Crippen LogP contribution in [0.4, 0.5) is 5.69 Å². The van der Waals surface area contributed by atoms with Crippen molar-refractivity contribution in [1.29, 1.82) is 0 Å². The summed E-state index contributed by atoms with van der Waals surface area (Å²) in [5.74, 6) is 0.736. The molecule has 0 aliphatic carbocycles. The van der Waals surface area contributed by atoms with E-state index in [2.05, 4.69) is 27.6 Å². The van der Waals surface area contributed by atoms with Crippen LogP contribution >= 0.6 is 33.9 Å². The van der Waals surface area contributed by atoms with E-state index in [-0.39, 0.29) is 12.2 Å². The number of hydrogen-bond donors (Lipinski definition) is 0. The van der Waals surface area contributed by atoms with E-state index >= 15 is 0 Å². The summed E-state index contributed by atoms with van der Waals surface area (Å²) in [5.41, 5.74) is 3.27. The number of nitrogens with zero attached hydrogens (tertiary/aromatic N) is 3. The van der Waals surface area contributed by atoms with Gasteiger partial charge in [-0.3, -0.25) is 9.36 Å². The lowest BCUT2D eigenvalue weighted by molar-refractivity contribution is -0.139. The van der Waals surface area contributed by atoms with Crippen LogP contribution in [-0.2, 0) is 9.53 Å². The molecule has 10 heteroatoms. The molecule has 1 aliphatic heterocycles. The molecule has 0 bridgehead atoms. The van der Waals surface area contributed by atoms with Gasteiger partial charge in [0.15, 0.2) is 16.3 Å². The number of carbonyl (C=O) groups is 1. The number of anilines is 1. The molecule has 194 valence electrons. The number of fused-ring (bicyclic) bond motifs is 1. The second-order valence-electron chi connectivity index (χ2n) is 8.53. The van der Waals surface area contributed by atoms with Crippen LogP contribution in [0.25, 0.3) is 6.08 Å². The van der Waals surface area contributed by atoms with Crippen LogP contribution in [0.3, 0.4) is 0 Å². The van der Waals surface area contributed by atoms with E-state index < -0.39 is 12.0 Å². The molecule has 0 saturated carbocycles. The van der Waals surface area contributed by atoms with Gasteiger partial charge < -0.3 is 19.1 Å². The number of hydrogen-bond acceptors (Lipinski definition) is 8. The molecular weight excluding hydrogens is 605 g/mol. The Morgan fingerprint density at radius 1 is 1.19 bits per heavy atom. The third-order valence-corrected chi connectivity index (χ3v) is 7.78. The SMILES string of the molecule is CCOC(=O)C1=C(C)N=c2s/c(=C/c3cc(I)c(OC)c(OC)c3)c(=O)n2[C@@H]1c1ccc(N(C)C)cc1. The van der Waals surface area contributed by atoms with Crippen molar-refractivity contribution < 1.29 is 19.0 Å². The first-order valence-corrected chi connectivity index (χ1v) is 13.5. The van der Waals surface area contributed by atoms with Crippen molar-refractivity contribution in [3.63, 3.8) is 0 Å². The molecule has 1 aromatic heterocycles. The molecule has 2 heterocycles. The number of esters is 1. The number of rotatable bonds is 7. The van der Waals surface area contributed by atoms with Gasteiger partial charge in [-0.25, -0.2) is 9.79 Å². The Bertz CT molecular complexity index is 1550. The van der Waals surface area contributed by atoms with Gasteiger partial charge in [0.25, 0.3) is 5.56 Å². The summed E-state index contributed by atoms with van der Waals surface area (Å²) in [7, 11) is 7.09. The van der Waals surface area contributed by atoms with Crippen molar-refractivity contribution in [3.05, 3.63) is 82.1 Å². The fourth-order valence-electron chi connectivity index (χ4n) is 4.23. The Labute approximate surface area is 232 Å². The van der Waals surface area contributed by atoms with Crippen molar-refractivity contribution in [3.8, 4) is 11.5 Å². The minimum atomic E-state index is -0.654. The van der Waals surface area contributed by atoms with Crippen molar-refractivity contribution >= 4 is 51.7 Å². The van der Waals surface area contributed by atoms with Crippen LogP contribution in [0.15, 0.2) is 57.5 Å². The second-order valence-corrected chi connectivity index (χ2v) is 10.7. The summed E-state index contributed by atoms with van der Waals surface area (Å²) < 4.78 is 19.2. The molecule has 0 spiro atoms. The zero-order valence-electron chi connectivity index (χ0n) is 21.5. The predicted octanol–water partition coefficient (Wildman–Crippen LogP) is 3.49. The lowest BCUT2D eigenvalue weighted by Crippen LogP contribution is -2.39. The van der Waals surface area contributed by atoms with E-state index in [1.807, 2.05) is 61.5 Å². The number of halogens is 1. The monoisotopic (exact) mass is 633 g/mol. The van der Waals surface area contributed by atoms with Gasteiger partial charge in [0.2, 0.25) is 0 Å². The molecule has 0 N–H and O–H groups in total. The zero-order chi connectivity index (χ0) is 26.9. The smallest absolute Gasteiger partial charge is 0.338 e. The first-order valence-electron chi connectivity index (χ1n) is 11.6. The molecule has 0 amide bonds. The Morgan fingerprint density at radius 3 is 2.49 bits per heavy atom. The largest absolute Gasteiger partial charge is 0.493 e. The lowest BCUT2D eigenvalue weighted by atomic mass is 9.95. The van der Waals surface area contributed by atoms with E-state index in [0.717, 1.165) is 20.4 Å². The third-order valence-electron chi connectivity index (χ3n) is 6.00. The first kappa shape index (κ1) is 26.9. The van der Waals surface area contributed by atoms with Gasteiger partial charge in [0.1, 0.15) is 0 Å². The molecule has 0 saturated heterocycles. The molecule has 0 radical (unpaired) electrons. The van der Waals surface area contributed by atoms with Gasteiger partial charge in [-0.15, -0.1) is 0 Å². The maximum atomic E-state index is 13.8. The van der Waals surface area contributed by atoms with Crippen LogP contribution in [0.5, 0.6) is 11.5 Å². The van der Waals surface area contributed by atoms with Crippen molar-refractivity contribution in [2.45, 2.75) is 19.9 Å². The summed E-state index contributed by atoms with van der Waals surface area (Å²) in [4.78, 5) is 34.0. The molecule has 2 aromatic carbocycles. The van der Waals surface area contributed by atoms with E-state index in [9.17, 15) is 9.59 Å². The van der Waals surface area contributed by atoms with Crippen molar-refractivity contribution in [2.24, 2.45) is 4.99 Å². The van der Waals surface area contributed by atoms with Crippen LogP contribution in [0.2, 0.25) is 0 Å². The summed E-state index contributed by atoms with van der Waals surface area (Å²) >= 11 is 3.46. The Hall–Kier alpha value is -3.12. The molecule has 8 nitrogen and oxygen atoms in total. The molecule has 37 heavy (non-hydrogen) atoms. The summed E-state index contributed by atoms with van der Waals surface area (Å²) in [6.07, 6.45) is 1.81. The van der Waals surface area contributed by atoms with E-state index in [1.165, 1.54) is 11.3 Å². The maximum Gasteiger partial charge on any atom is 0.338 e. The average Bonchev–Trinajstić information content (AvgIpc) is 3.17. The van der Waals surface area contributed by atoms with Gasteiger partial charge in [-0.05, 0) is 77.9 Å². The lowest BCUT2D eigenvalue weighted by Gasteiger charge is -2.25. The van der Waals surface area contributed by atoms with Gasteiger partial charge in [-0.2, -0.15) is 0 Å². The molecule has 1 atom stereocenters. The summed E-state index contributed by atoms with van der Waals surface area (Å²) in [6, 6.07) is 10.9. The zero-order valence-corrected chi connectivity index (χ0v) is 24.5. The van der Waals surface area contributed by atoms with Crippen LogP contribution in [-0.4, -0.2) is 45.5 Å². The molecule has 3 aromatic rings. The predicted molar refractivity (Wildman–Crippen MR) is 153 cm³/mol. The Morgan fingerprint density at radius 2 is 1.89 bits per heavy atom. The van der Waals surface area contributed by atoms with Crippen LogP contribution < -0.4 is 29.3 Å². The number of methoxy groups -OCH3 is 2. The molecular formula is C27H28IN3O5S. The third kappa shape index (κ3) is 5.17. The first-order chi connectivity index (χ1) is 17.7. The van der Waals surface area contributed by atoms with Gasteiger partial charge >= 0.3 is 5.97 Å². The Kier molecular flexibility index (Phi) is 8.08. The summed E-state index contributed by atoms with van der Waals surface area (Å²) in [5, 5.41) is 0. The minimum absolute atomic E-state index is 0.226. The van der Waals surface area contributed by atoms with E-state index in [1.54, 1.807) is 32.6 Å². The number of allylic oxidation sites excluding steroid dienone is 1. The van der Waals surface area contributed by atoms with E-state index in [4.69, 9.17) is 14.2 Å². The average molecular weight is 634 g/mol. The number of carbonyl (C=O) groups excluding carboxylic acids is 1. The fraction of sp³-hybridized carbons (Fsp3) is 0.296. The number of aromatic nitrogens is 1. The molecule has 1 aliphatic rings. The number of benzene rings is 2. The van der Waals surface area contributed by atoms with Gasteiger partial charge in [0, 0.05) is 19.8 Å². The highest BCUT2D eigenvalue weighted by Gasteiger charge is 2.33. The highest BCUT2D eigenvalue weighted by Crippen LogP contribution is 2.34. The van der Waals surface area contributed by atoms with E-state index in [0.29, 0.717) is 32.1 Å². The normalized spacial score (nSPS) is 15.2. The fourth-order valence-corrected chi connectivity index (χ4v) is 6.13. The van der Waals surface area contributed by atoms with Crippen molar-refractivity contribution in [1.82, 2.24) is 4.57 Å². The minimum Gasteiger partial charge on any atom is -0.493 e. The van der Waals surface area contributed by atoms with Gasteiger partial charge in [0.05, 0.1) is 46.2 Å². The topological polar surface area (TPSA) is 82.4 Å². The van der Waals surface area contributed by atoms with Crippen LogP contribution in [0.1, 0.15) is 31.0 Å². The van der Waals surface area contributed by atoms with Crippen molar-refractivity contribution in [2.75, 3.05) is 39.8 Å². The highest BCUT2D eigenvalue weighted by atomic mass is 127. The second kappa shape index (κ2) is 11.1. The standard InChI is InChI=1S/C27H28IN3O5S/c1-7-36-26(33)22-15(2)29-27-31(23(22)17-8-10-18(11-9-17)30(3)4)25(32)21(37-27)14-16-12-19(28)24(35-6)20(13-16)34-5/h8-14,23H,7H2,1-6H3/b21-14+/t23-/m1/s1.